The van der Waals surface area contributed by atoms with E-state index < -0.39 is 11.4 Å². The molecular formula is C16H19BrO3. The summed E-state index contributed by atoms with van der Waals surface area (Å²) in [6, 6.07) is 3.99. The summed E-state index contributed by atoms with van der Waals surface area (Å²) in [4.78, 5) is 11.8. The second-order valence-corrected chi connectivity index (χ2v) is 6.97. The van der Waals surface area contributed by atoms with Crippen LogP contribution in [0, 0.1) is 12.8 Å². The van der Waals surface area contributed by atoms with Gasteiger partial charge in [0.05, 0.1) is 16.5 Å². The average Bonchev–Trinajstić information content (AvgIpc) is 3.09. The van der Waals surface area contributed by atoms with E-state index in [1.165, 1.54) is 12.8 Å². The molecule has 0 radical (unpaired) electrons. The van der Waals surface area contributed by atoms with Gasteiger partial charge in [-0.25, -0.2) is 0 Å². The van der Waals surface area contributed by atoms with Crippen LogP contribution in [-0.2, 0) is 10.2 Å². The second-order valence-electron chi connectivity index (χ2n) is 6.12. The van der Waals surface area contributed by atoms with Crippen molar-refractivity contribution in [1.29, 1.82) is 0 Å². The van der Waals surface area contributed by atoms with Crippen LogP contribution >= 0.6 is 15.9 Å². The Morgan fingerprint density at radius 1 is 1.45 bits per heavy atom. The van der Waals surface area contributed by atoms with E-state index in [1.54, 1.807) is 0 Å². The normalized spacial score (nSPS) is 20.3. The Morgan fingerprint density at radius 3 is 2.65 bits per heavy atom. The van der Waals surface area contributed by atoms with Crippen LogP contribution in [0.3, 0.4) is 0 Å². The first-order valence-electron chi connectivity index (χ1n) is 7.20. The van der Waals surface area contributed by atoms with E-state index in [1.807, 2.05) is 19.1 Å². The molecule has 2 saturated carbocycles. The number of halogens is 1. The van der Waals surface area contributed by atoms with E-state index in [0.29, 0.717) is 25.4 Å². The molecule has 0 spiro atoms. The lowest BCUT2D eigenvalue weighted by molar-refractivity contribution is -0.147. The van der Waals surface area contributed by atoms with Gasteiger partial charge in [0.15, 0.2) is 0 Å². The van der Waals surface area contributed by atoms with Crippen LogP contribution in [0.15, 0.2) is 16.6 Å². The van der Waals surface area contributed by atoms with Gasteiger partial charge in [0.25, 0.3) is 0 Å². The predicted octanol–water partition coefficient (Wildman–Crippen LogP) is 4.05. The fourth-order valence-electron chi connectivity index (χ4n) is 2.85. The fourth-order valence-corrected chi connectivity index (χ4v) is 3.53. The van der Waals surface area contributed by atoms with Gasteiger partial charge < -0.3 is 9.84 Å². The lowest BCUT2D eigenvalue weighted by atomic mass is 9.64. The van der Waals surface area contributed by atoms with Crippen LogP contribution in [0.2, 0.25) is 0 Å². The molecule has 0 bridgehead atoms. The van der Waals surface area contributed by atoms with Crippen molar-refractivity contribution in [2.24, 2.45) is 5.92 Å². The third-order valence-corrected chi connectivity index (χ3v) is 5.07. The first-order chi connectivity index (χ1) is 9.53. The third-order valence-electron chi connectivity index (χ3n) is 4.48. The Balaban J connectivity index is 2.00. The van der Waals surface area contributed by atoms with Gasteiger partial charge in [-0.1, -0.05) is 12.5 Å². The Labute approximate surface area is 127 Å². The third kappa shape index (κ3) is 2.34. The molecule has 0 amide bonds. The second kappa shape index (κ2) is 5.06. The number of carboxylic acids is 1. The van der Waals surface area contributed by atoms with Crippen molar-refractivity contribution in [3.05, 3.63) is 27.7 Å². The maximum atomic E-state index is 11.8. The van der Waals surface area contributed by atoms with Crippen molar-refractivity contribution in [2.75, 3.05) is 6.61 Å². The van der Waals surface area contributed by atoms with Crippen molar-refractivity contribution in [3.8, 4) is 5.75 Å². The van der Waals surface area contributed by atoms with Crippen LogP contribution in [0.1, 0.15) is 43.2 Å². The highest BCUT2D eigenvalue weighted by molar-refractivity contribution is 9.10. The Bertz CT molecular complexity index is 545. The molecule has 3 rings (SSSR count). The molecule has 1 aromatic rings. The summed E-state index contributed by atoms with van der Waals surface area (Å²) in [5.41, 5.74) is 1.18. The van der Waals surface area contributed by atoms with Crippen molar-refractivity contribution < 1.29 is 14.6 Å². The summed E-state index contributed by atoms with van der Waals surface area (Å²) >= 11 is 3.55. The largest absolute Gasteiger partial charge is 0.492 e. The standard InChI is InChI=1S/C16H19BrO3/c1-10-7-12(16(15(18)19)5-2-6-16)14(13(17)8-10)20-9-11-3-4-11/h7-8,11H,2-6,9H2,1H3,(H,18,19). The number of aliphatic carboxylic acids is 1. The van der Waals surface area contributed by atoms with Crippen molar-refractivity contribution in [1.82, 2.24) is 0 Å². The number of benzene rings is 1. The number of carbonyl (C=O) groups is 1. The van der Waals surface area contributed by atoms with Crippen LogP contribution in [0.5, 0.6) is 5.75 Å². The number of hydrogen-bond donors (Lipinski definition) is 1. The molecule has 0 aliphatic heterocycles. The topological polar surface area (TPSA) is 46.5 Å². The molecule has 4 heteroatoms. The van der Waals surface area contributed by atoms with Gasteiger partial charge in [0, 0.05) is 5.56 Å². The quantitative estimate of drug-likeness (QED) is 0.880. The number of hydrogen-bond acceptors (Lipinski definition) is 2. The molecule has 0 atom stereocenters. The maximum Gasteiger partial charge on any atom is 0.314 e. The van der Waals surface area contributed by atoms with E-state index >= 15 is 0 Å². The van der Waals surface area contributed by atoms with E-state index in [4.69, 9.17) is 4.74 Å². The van der Waals surface area contributed by atoms with Gasteiger partial charge in [0.1, 0.15) is 5.75 Å². The fraction of sp³-hybridized carbons (Fsp3) is 0.562. The SMILES string of the molecule is Cc1cc(Br)c(OCC2CC2)c(C2(C(=O)O)CCC2)c1. The molecule has 2 aliphatic carbocycles. The first kappa shape index (κ1) is 13.9. The summed E-state index contributed by atoms with van der Waals surface area (Å²) in [5.74, 6) is 0.667. The first-order valence-corrected chi connectivity index (χ1v) is 7.99. The number of aryl methyl sites for hydroxylation is 1. The summed E-state index contributed by atoms with van der Waals surface area (Å²) in [7, 11) is 0. The molecule has 108 valence electrons. The zero-order valence-electron chi connectivity index (χ0n) is 11.6. The lowest BCUT2D eigenvalue weighted by Gasteiger charge is -2.39. The minimum atomic E-state index is -0.743. The van der Waals surface area contributed by atoms with Gasteiger partial charge in [-0.15, -0.1) is 0 Å². The highest BCUT2D eigenvalue weighted by Crippen LogP contribution is 2.50. The van der Waals surface area contributed by atoms with Crippen molar-refractivity contribution >= 4 is 21.9 Å². The van der Waals surface area contributed by atoms with E-state index in [-0.39, 0.29) is 0 Å². The number of ether oxygens (including phenoxy) is 1. The summed E-state index contributed by atoms with van der Waals surface area (Å²) in [5, 5.41) is 9.66. The van der Waals surface area contributed by atoms with Crippen molar-refractivity contribution in [2.45, 2.75) is 44.4 Å². The summed E-state index contributed by atoms with van der Waals surface area (Å²) < 4.78 is 6.84. The molecular weight excluding hydrogens is 320 g/mol. The van der Waals surface area contributed by atoms with E-state index in [2.05, 4.69) is 15.9 Å². The molecule has 2 aliphatic rings. The lowest BCUT2D eigenvalue weighted by Crippen LogP contribution is -2.42. The van der Waals surface area contributed by atoms with E-state index in [9.17, 15) is 9.90 Å². The minimum Gasteiger partial charge on any atom is -0.492 e. The molecule has 1 aromatic carbocycles. The Morgan fingerprint density at radius 2 is 2.15 bits per heavy atom. The molecule has 2 fully saturated rings. The smallest absolute Gasteiger partial charge is 0.314 e. The summed E-state index contributed by atoms with van der Waals surface area (Å²) in [6.07, 6.45) is 4.84. The number of rotatable bonds is 5. The Hall–Kier alpha value is -1.03. The van der Waals surface area contributed by atoms with Crippen LogP contribution < -0.4 is 4.74 Å². The monoisotopic (exact) mass is 338 g/mol. The highest BCUT2D eigenvalue weighted by atomic mass is 79.9. The number of carboxylic acid groups (broad SMARTS) is 1. The van der Waals surface area contributed by atoms with Crippen LogP contribution in [-0.4, -0.2) is 17.7 Å². The molecule has 20 heavy (non-hydrogen) atoms. The zero-order chi connectivity index (χ0) is 14.3. The van der Waals surface area contributed by atoms with Gasteiger partial charge in [0.2, 0.25) is 0 Å². The zero-order valence-corrected chi connectivity index (χ0v) is 13.2. The van der Waals surface area contributed by atoms with Gasteiger partial charge in [-0.05, 0) is 66.1 Å². The minimum absolute atomic E-state index is 0.651. The molecule has 3 nitrogen and oxygen atoms in total. The Kier molecular flexibility index (Phi) is 3.53. The van der Waals surface area contributed by atoms with Crippen LogP contribution in [0.4, 0.5) is 0 Å². The molecule has 0 unspecified atom stereocenters. The predicted molar refractivity (Wildman–Crippen MR) is 80.3 cm³/mol. The molecule has 0 saturated heterocycles. The average molecular weight is 339 g/mol. The molecule has 1 N–H and O–H groups in total. The van der Waals surface area contributed by atoms with Gasteiger partial charge in [-0.2, -0.15) is 0 Å². The maximum absolute atomic E-state index is 11.8. The van der Waals surface area contributed by atoms with Crippen LogP contribution in [0.25, 0.3) is 0 Å². The van der Waals surface area contributed by atoms with E-state index in [0.717, 1.165) is 27.8 Å². The van der Waals surface area contributed by atoms with Gasteiger partial charge in [-0.3, -0.25) is 4.79 Å². The summed E-state index contributed by atoms with van der Waals surface area (Å²) in [6.45, 7) is 2.69. The molecule has 0 aromatic heterocycles. The van der Waals surface area contributed by atoms with Crippen molar-refractivity contribution in [3.63, 3.8) is 0 Å². The molecule has 0 heterocycles. The highest BCUT2D eigenvalue weighted by Gasteiger charge is 2.48. The van der Waals surface area contributed by atoms with Gasteiger partial charge >= 0.3 is 5.97 Å².